The second-order valence-corrected chi connectivity index (χ2v) is 9.04. The van der Waals surface area contributed by atoms with E-state index in [2.05, 4.69) is 21.2 Å². The van der Waals surface area contributed by atoms with E-state index in [1.165, 1.54) is 6.92 Å². The average molecular weight is 448 g/mol. The van der Waals surface area contributed by atoms with Gasteiger partial charge in [-0.05, 0) is 81.1 Å². The fourth-order valence-corrected chi connectivity index (χ4v) is 4.46. The molecule has 2 aromatic carbocycles. The summed E-state index contributed by atoms with van der Waals surface area (Å²) in [6, 6.07) is 11.9. The molecular formula is C27H33N3O3. The highest BCUT2D eigenvalue weighted by Gasteiger charge is 2.17. The van der Waals surface area contributed by atoms with Gasteiger partial charge in [-0.1, -0.05) is 6.07 Å². The van der Waals surface area contributed by atoms with Crippen molar-refractivity contribution < 1.29 is 9.21 Å². The molecule has 0 saturated carbocycles. The zero-order valence-corrected chi connectivity index (χ0v) is 19.8. The van der Waals surface area contributed by atoms with Crippen molar-refractivity contribution in [1.29, 1.82) is 0 Å². The van der Waals surface area contributed by atoms with Gasteiger partial charge in [0.1, 0.15) is 5.58 Å². The maximum absolute atomic E-state index is 12.8. The predicted octanol–water partition coefficient (Wildman–Crippen LogP) is 4.51. The number of aryl methyl sites for hydroxylation is 3. The summed E-state index contributed by atoms with van der Waals surface area (Å²) in [6.45, 7) is 10.6. The highest BCUT2D eigenvalue weighted by molar-refractivity contribution is 5.89. The van der Waals surface area contributed by atoms with E-state index in [1.807, 2.05) is 44.2 Å². The number of amides is 1. The number of benzene rings is 2. The smallest absolute Gasteiger partial charge is 0.221 e. The van der Waals surface area contributed by atoms with Gasteiger partial charge < -0.3 is 14.6 Å². The summed E-state index contributed by atoms with van der Waals surface area (Å²) in [6.07, 6.45) is 4.43. The molecule has 1 N–H and O–H groups in total. The standard InChI is InChI=1S/C27H33N3O3/c1-19-15-25-26(16-20(19)2)33-18-22(27(25)32)7-4-5-10-29-11-13-30(14-12-29)24-9-6-8-23(17-24)28-21(3)31/h6,8-9,15-18H,4-5,7,10-14H2,1-3H3,(H,28,31). The number of nitrogens with one attached hydrogen (secondary N) is 1. The SMILES string of the molecule is CC(=O)Nc1cccc(N2CCN(CCCCc3coc4cc(C)c(C)cc4c3=O)CC2)c1. The minimum absolute atomic E-state index is 0.0522. The van der Waals surface area contributed by atoms with E-state index in [9.17, 15) is 9.59 Å². The predicted molar refractivity (Wildman–Crippen MR) is 134 cm³/mol. The summed E-state index contributed by atoms with van der Waals surface area (Å²) in [4.78, 5) is 29.0. The molecule has 1 fully saturated rings. The summed E-state index contributed by atoms with van der Waals surface area (Å²) in [5, 5.41) is 3.54. The second-order valence-electron chi connectivity index (χ2n) is 9.04. The minimum Gasteiger partial charge on any atom is -0.464 e. The Balaban J connectivity index is 1.25. The highest BCUT2D eigenvalue weighted by atomic mass is 16.3. The molecule has 0 unspecified atom stereocenters. The fraction of sp³-hybridized carbons (Fsp3) is 0.407. The number of nitrogens with zero attached hydrogens (tertiary/aromatic N) is 2. The number of hydrogen-bond donors (Lipinski definition) is 1. The van der Waals surface area contributed by atoms with Gasteiger partial charge in [0.15, 0.2) is 5.43 Å². The molecule has 0 bridgehead atoms. The van der Waals surface area contributed by atoms with Gasteiger partial charge in [0, 0.05) is 50.0 Å². The normalized spacial score (nSPS) is 14.6. The van der Waals surface area contributed by atoms with Crippen LogP contribution in [-0.4, -0.2) is 43.5 Å². The van der Waals surface area contributed by atoms with Crippen LogP contribution in [0.4, 0.5) is 11.4 Å². The fourth-order valence-electron chi connectivity index (χ4n) is 4.46. The number of unbranched alkanes of at least 4 members (excludes halogenated alkanes) is 1. The molecule has 0 spiro atoms. The Bertz CT molecular complexity index is 1190. The third kappa shape index (κ3) is 5.63. The van der Waals surface area contributed by atoms with Crippen molar-refractivity contribution in [3.05, 3.63) is 69.6 Å². The average Bonchev–Trinajstić information content (AvgIpc) is 2.79. The molecule has 1 aliphatic rings. The van der Waals surface area contributed by atoms with Crippen LogP contribution in [0.15, 0.2) is 51.9 Å². The summed E-state index contributed by atoms with van der Waals surface area (Å²) < 4.78 is 5.75. The molecule has 33 heavy (non-hydrogen) atoms. The molecule has 0 radical (unpaired) electrons. The van der Waals surface area contributed by atoms with Gasteiger partial charge in [-0.25, -0.2) is 0 Å². The Kier molecular flexibility index (Phi) is 7.14. The van der Waals surface area contributed by atoms with Crippen LogP contribution in [-0.2, 0) is 11.2 Å². The minimum atomic E-state index is -0.0522. The molecule has 1 saturated heterocycles. The van der Waals surface area contributed by atoms with Crippen LogP contribution in [0, 0.1) is 13.8 Å². The van der Waals surface area contributed by atoms with E-state index in [1.54, 1.807) is 6.26 Å². The van der Waals surface area contributed by atoms with Crippen molar-refractivity contribution in [2.24, 2.45) is 0 Å². The number of hydrogen-bond acceptors (Lipinski definition) is 5. The van der Waals surface area contributed by atoms with E-state index >= 15 is 0 Å². The molecular weight excluding hydrogens is 414 g/mol. The van der Waals surface area contributed by atoms with Crippen molar-refractivity contribution in [3.63, 3.8) is 0 Å². The van der Waals surface area contributed by atoms with Crippen molar-refractivity contribution in [2.75, 3.05) is 42.9 Å². The van der Waals surface area contributed by atoms with E-state index < -0.39 is 0 Å². The lowest BCUT2D eigenvalue weighted by molar-refractivity contribution is -0.114. The monoisotopic (exact) mass is 447 g/mol. The van der Waals surface area contributed by atoms with Crippen LogP contribution < -0.4 is 15.6 Å². The van der Waals surface area contributed by atoms with Crippen LogP contribution in [0.5, 0.6) is 0 Å². The van der Waals surface area contributed by atoms with Crippen molar-refractivity contribution in [2.45, 2.75) is 40.0 Å². The number of anilines is 2. The lowest BCUT2D eigenvalue weighted by atomic mass is 10.0. The Morgan fingerprint density at radius 2 is 1.79 bits per heavy atom. The molecule has 0 atom stereocenters. The van der Waals surface area contributed by atoms with Crippen LogP contribution in [0.2, 0.25) is 0 Å². The molecule has 4 rings (SSSR count). The van der Waals surface area contributed by atoms with E-state index in [0.29, 0.717) is 11.0 Å². The van der Waals surface area contributed by atoms with Crippen LogP contribution in [0.3, 0.4) is 0 Å². The quantitative estimate of drug-likeness (QED) is 0.540. The number of piperazine rings is 1. The van der Waals surface area contributed by atoms with Gasteiger partial charge >= 0.3 is 0 Å². The molecule has 174 valence electrons. The first-order valence-corrected chi connectivity index (χ1v) is 11.8. The summed E-state index contributed by atoms with van der Waals surface area (Å²) in [5.74, 6) is -0.0522. The first-order valence-electron chi connectivity index (χ1n) is 11.8. The number of fused-ring (bicyclic) bond motifs is 1. The summed E-state index contributed by atoms with van der Waals surface area (Å²) >= 11 is 0. The Hall–Kier alpha value is -3.12. The van der Waals surface area contributed by atoms with Gasteiger partial charge in [0.05, 0.1) is 11.6 Å². The molecule has 6 nitrogen and oxygen atoms in total. The second kappa shape index (κ2) is 10.2. The lowest BCUT2D eigenvalue weighted by Gasteiger charge is -2.36. The Labute approximate surface area is 195 Å². The first-order chi connectivity index (χ1) is 15.9. The van der Waals surface area contributed by atoms with Gasteiger partial charge in [-0.15, -0.1) is 0 Å². The Morgan fingerprint density at radius 3 is 2.55 bits per heavy atom. The maximum Gasteiger partial charge on any atom is 0.221 e. The number of carbonyl (C=O) groups is 1. The first kappa shape index (κ1) is 23.1. The zero-order valence-electron chi connectivity index (χ0n) is 19.8. The highest BCUT2D eigenvalue weighted by Crippen LogP contribution is 2.21. The third-order valence-electron chi connectivity index (χ3n) is 6.53. The zero-order chi connectivity index (χ0) is 23.4. The molecule has 1 aromatic heterocycles. The lowest BCUT2D eigenvalue weighted by Crippen LogP contribution is -2.46. The van der Waals surface area contributed by atoms with Crippen molar-refractivity contribution >= 4 is 28.3 Å². The van der Waals surface area contributed by atoms with Crippen LogP contribution >= 0.6 is 0 Å². The van der Waals surface area contributed by atoms with Crippen molar-refractivity contribution in [1.82, 2.24) is 4.90 Å². The largest absolute Gasteiger partial charge is 0.464 e. The molecule has 3 aromatic rings. The van der Waals surface area contributed by atoms with Gasteiger partial charge in [0.2, 0.25) is 5.91 Å². The van der Waals surface area contributed by atoms with Crippen LogP contribution in [0.1, 0.15) is 36.5 Å². The molecule has 0 aliphatic carbocycles. The number of carbonyl (C=O) groups excluding carboxylic acids is 1. The molecule has 2 heterocycles. The Morgan fingerprint density at radius 1 is 1.03 bits per heavy atom. The molecule has 1 amide bonds. The maximum atomic E-state index is 12.8. The molecule has 6 heteroatoms. The van der Waals surface area contributed by atoms with E-state index in [-0.39, 0.29) is 11.3 Å². The van der Waals surface area contributed by atoms with Crippen molar-refractivity contribution in [3.8, 4) is 0 Å². The van der Waals surface area contributed by atoms with E-state index in [0.717, 1.165) is 80.1 Å². The van der Waals surface area contributed by atoms with Crippen LogP contribution in [0.25, 0.3) is 11.0 Å². The van der Waals surface area contributed by atoms with Gasteiger partial charge in [-0.2, -0.15) is 0 Å². The van der Waals surface area contributed by atoms with Gasteiger partial charge in [0.25, 0.3) is 0 Å². The molecule has 1 aliphatic heterocycles. The summed E-state index contributed by atoms with van der Waals surface area (Å²) in [7, 11) is 0. The van der Waals surface area contributed by atoms with E-state index in [4.69, 9.17) is 4.42 Å². The summed E-state index contributed by atoms with van der Waals surface area (Å²) in [5.41, 5.74) is 5.79. The third-order valence-corrected chi connectivity index (χ3v) is 6.53. The topological polar surface area (TPSA) is 65.8 Å². The number of rotatable bonds is 7. The van der Waals surface area contributed by atoms with Gasteiger partial charge in [-0.3, -0.25) is 14.5 Å².